The first-order valence-electron chi connectivity index (χ1n) is 7.15. The van der Waals surface area contributed by atoms with Gasteiger partial charge in [-0.3, -0.25) is 0 Å². The molecule has 1 atom stereocenters. The minimum atomic E-state index is 0.0558. The van der Waals surface area contributed by atoms with E-state index < -0.39 is 0 Å². The maximum Gasteiger partial charge on any atom is 0.174 e. The van der Waals surface area contributed by atoms with Gasteiger partial charge in [-0.05, 0) is 46.2 Å². The van der Waals surface area contributed by atoms with Gasteiger partial charge in [-0.25, -0.2) is 0 Å². The molecule has 0 spiro atoms. The zero-order valence-electron chi connectivity index (χ0n) is 11.9. The summed E-state index contributed by atoms with van der Waals surface area (Å²) >= 11 is 3.46. The molecular formula is C16H18BrNO3. The molecule has 3 rings (SSSR count). The smallest absolute Gasteiger partial charge is 0.174 e. The molecule has 0 amide bonds. The summed E-state index contributed by atoms with van der Waals surface area (Å²) in [6.07, 6.45) is 2.60. The molecule has 1 aromatic heterocycles. The molecule has 0 saturated carbocycles. The lowest BCUT2D eigenvalue weighted by Crippen LogP contribution is -2.21. The molecule has 5 heteroatoms. The van der Waals surface area contributed by atoms with Gasteiger partial charge < -0.3 is 19.2 Å². The van der Waals surface area contributed by atoms with Crippen LogP contribution in [0.4, 0.5) is 0 Å². The Bertz CT molecular complexity index is 611. The Morgan fingerprint density at radius 1 is 1.19 bits per heavy atom. The van der Waals surface area contributed by atoms with E-state index in [0.717, 1.165) is 40.3 Å². The van der Waals surface area contributed by atoms with Gasteiger partial charge in [0.15, 0.2) is 16.2 Å². The quantitative estimate of drug-likeness (QED) is 0.906. The predicted molar refractivity (Wildman–Crippen MR) is 84.0 cm³/mol. The summed E-state index contributed by atoms with van der Waals surface area (Å²) in [7, 11) is 0. The van der Waals surface area contributed by atoms with Gasteiger partial charge in [-0.2, -0.15) is 0 Å². The highest BCUT2D eigenvalue weighted by atomic mass is 79.9. The zero-order valence-corrected chi connectivity index (χ0v) is 13.5. The molecule has 0 saturated heterocycles. The van der Waals surface area contributed by atoms with Crippen LogP contribution in [0.1, 0.15) is 30.5 Å². The van der Waals surface area contributed by atoms with Crippen LogP contribution in [0.25, 0.3) is 0 Å². The Labute approximate surface area is 132 Å². The average Bonchev–Trinajstić information content (AvgIpc) is 2.78. The average molecular weight is 352 g/mol. The van der Waals surface area contributed by atoms with Gasteiger partial charge in [0.25, 0.3) is 0 Å². The lowest BCUT2D eigenvalue weighted by molar-refractivity contribution is 0.297. The number of nitrogens with one attached hydrogen (secondary N) is 1. The van der Waals surface area contributed by atoms with Crippen LogP contribution in [0.5, 0.6) is 11.5 Å². The Morgan fingerprint density at radius 3 is 2.71 bits per heavy atom. The molecule has 1 aliphatic rings. The fraction of sp³-hybridized carbons (Fsp3) is 0.375. The van der Waals surface area contributed by atoms with Gasteiger partial charge in [0.1, 0.15) is 0 Å². The van der Waals surface area contributed by atoms with E-state index in [1.807, 2.05) is 18.2 Å². The van der Waals surface area contributed by atoms with Gasteiger partial charge in [-0.15, -0.1) is 0 Å². The maximum absolute atomic E-state index is 5.78. The van der Waals surface area contributed by atoms with Crippen molar-refractivity contribution in [2.45, 2.75) is 19.4 Å². The summed E-state index contributed by atoms with van der Waals surface area (Å²) in [6.45, 7) is 4.34. The van der Waals surface area contributed by atoms with Gasteiger partial charge in [0.05, 0.1) is 25.5 Å². The van der Waals surface area contributed by atoms with Crippen LogP contribution in [0.3, 0.4) is 0 Å². The first kappa shape index (κ1) is 14.5. The molecule has 0 fully saturated rings. The second kappa shape index (κ2) is 6.54. The number of furan rings is 1. The van der Waals surface area contributed by atoms with E-state index in [-0.39, 0.29) is 6.04 Å². The zero-order chi connectivity index (χ0) is 14.7. The SMILES string of the molecule is CCNC(c1ccc2c(c1)OCCCO2)c1ccoc1Br. The lowest BCUT2D eigenvalue weighted by Gasteiger charge is -2.19. The molecular weight excluding hydrogens is 334 g/mol. The summed E-state index contributed by atoms with van der Waals surface area (Å²) in [6, 6.07) is 8.13. The van der Waals surface area contributed by atoms with Gasteiger partial charge in [-0.1, -0.05) is 13.0 Å². The Morgan fingerprint density at radius 2 is 2.00 bits per heavy atom. The fourth-order valence-electron chi connectivity index (χ4n) is 2.48. The highest BCUT2D eigenvalue weighted by Crippen LogP contribution is 2.36. The molecule has 2 aromatic rings. The van der Waals surface area contributed by atoms with E-state index in [2.05, 4.69) is 34.2 Å². The number of ether oxygens (including phenoxy) is 2. The number of halogens is 1. The third-order valence-electron chi connectivity index (χ3n) is 3.47. The Balaban J connectivity index is 1.96. The summed E-state index contributed by atoms with van der Waals surface area (Å²) < 4.78 is 17.6. The van der Waals surface area contributed by atoms with Gasteiger partial charge >= 0.3 is 0 Å². The molecule has 21 heavy (non-hydrogen) atoms. The van der Waals surface area contributed by atoms with E-state index in [0.29, 0.717) is 13.2 Å². The first-order valence-corrected chi connectivity index (χ1v) is 7.94. The van der Waals surface area contributed by atoms with Crippen LogP contribution < -0.4 is 14.8 Å². The van der Waals surface area contributed by atoms with Crippen molar-refractivity contribution in [2.24, 2.45) is 0 Å². The highest BCUT2D eigenvalue weighted by molar-refractivity contribution is 9.10. The van der Waals surface area contributed by atoms with E-state index in [1.54, 1.807) is 6.26 Å². The summed E-state index contributed by atoms with van der Waals surface area (Å²) in [5.74, 6) is 1.63. The standard InChI is InChI=1S/C16H18BrNO3/c1-2-18-15(12-6-9-21-16(12)17)11-4-5-13-14(10-11)20-8-3-7-19-13/h4-6,9-10,15,18H,2-3,7-8H2,1H3. The van der Waals surface area contributed by atoms with E-state index >= 15 is 0 Å². The maximum atomic E-state index is 5.78. The van der Waals surface area contributed by atoms with Crippen LogP contribution in [-0.4, -0.2) is 19.8 Å². The van der Waals surface area contributed by atoms with Crippen molar-refractivity contribution in [2.75, 3.05) is 19.8 Å². The van der Waals surface area contributed by atoms with Crippen molar-refractivity contribution in [3.8, 4) is 11.5 Å². The summed E-state index contributed by atoms with van der Waals surface area (Å²) in [4.78, 5) is 0. The first-order chi connectivity index (χ1) is 10.3. The van der Waals surface area contributed by atoms with E-state index in [9.17, 15) is 0 Å². The Kier molecular flexibility index (Phi) is 4.51. The third kappa shape index (κ3) is 3.09. The topological polar surface area (TPSA) is 43.6 Å². The van der Waals surface area contributed by atoms with Crippen molar-refractivity contribution in [3.05, 3.63) is 46.3 Å². The molecule has 112 valence electrons. The molecule has 1 aromatic carbocycles. The molecule has 1 aliphatic heterocycles. The van der Waals surface area contributed by atoms with Crippen molar-refractivity contribution in [1.82, 2.24) is 5.32 Å². The summed E-state index contributed by atoms with van der Waals surface area (Å²) in [5, 5.41) is 3.48. The van der Waals surface area contributed by atoms with Crippen molar-refractivity contribution in [3.63, 3.8) is 0 Å². The number of hydrogen-bond acceptors (Lipinski definition) is 4. The van der Waals surface area contributed by atoms with Crippen LogP contribution in [0, 0.1) is 0 Å². The van der Waals surface area contributed by atoms with Crippen LogP contribution in [0.2, 0.25) is 0 Å². The molecule has 1 N–H and O–H groups in total. The van der Waals surface area contributed by atoms with E-state index in [1.165, 1.54) is 0 Å². The second-order valence-corrected chi connectivity index (χ2v) is 5.62. The highest BCUT2D eigenvalue weighted by Gasteiger charge is 2.20. The second-order valence-electron chi connectivity index (χ2n) is 4.90. The monoisotopic (exact) mass is 351 g/mol. The fourth-order valence-corrected chi connectivity index (χ4v) is 2.95. The minimum absolute atomic E-state index is 0.0558. The number of hydrogen-bond donors (Lipinski definition) is 1. The Hall–Kier alpha value is -1.46. The van der Waals surface area contributed by atoms with Crippen molar-refractivity contribution >= 4 is 15.9 Å². The van der Waals surface area contributed by atoms with E-state index in [4.69, 9.17) is 13.9 Å². The third-order valence-corrected chi connectivity index (χ3v) is 4.11. The number of fused-ring (bicyclic) bond motifs is 1. The molecule has 0 radical (unpaired) electrons. The summed E-state index contributed by atoms with van der Waals surface area (Å²) in [5.41, 5.74) is 2.20. The minimum Gasteiger partial charge on any atom is -0.490 e. The predicted octanol–water partition coefficient (Wildman–Crippen LogP) is 3.90. The molecule has 1 unspecified atom stereocenters. The molecule has 0 bridgehead atoms. The number of rotatable bonds is 4. The van der Waals surface area contributed by atoms with Gasteiger partial charge in [0, 0.05) is 12.0 Å². The lowest BCUT2D eigenvalue weighted by atomic mass is 10.0. The largest absolute Gasteiger partial charge is 0.490 e. The molecule has 0 aliphatic carbocycles. The normalized spacial score (nSPS) is 15.5. The number of benzene rings is 1. The molecule has 2 heterocycles. The van der Waals surface area contributed by atoms with Crippen LogP contribution in [0.15, 0.2) is 39.6 Å². The van der Waals surface area contributed by atoms with Crippen molar-refractivity contribution in [1.29, 1.82) is 0 Å². The van der Waals surface area contributed by atoms with Crippen molar-refractivity contribution < 1.29 is 13.9 Å². The van der Waals surface area contributed by atoms with Gasteiger partial charge in [0.2, 0.25) is 0 Å². The molecule has 4 nitrogen and oxygen atoms in total. The van der Waals surface area contributed by atoms with Crippen LogP contribution in [-0.2, 0) is 0 Å². The van der Waals surface area contributed by atoms with Crippen LogP contribution >= 0.6 is 15.9 Å².